The van der Waals surface area contributed by atoms with E-state index in [1.54, 1.807) is 25.4 Å². The van der Waals surface area contributed by atoms with Gasteiger partial charge in [-0.25, -0.2) is 0 Å². The first-order chi connectivity index (χ1) is 14.2. The highest BCUT2D eigenvalue weighted by Gasteiger charge is 2.07. The van der Waals surface area contributed by atoms with Crippen molar-refractivity contribution in [2.45, 2.75) is 6.42 Å². The number of aromatic nitrogens is 3. The second-order valence-corrected chi connectivity index (χ2v) is 6.38. The van der Waals surface area contributed by atoms with Gasteiger partial charge in [0.15, 0.2) is 11.6 Å². The Labute approximate surface area is 167 Å². The summed E-state index contributed by atoms with van der Waals surface area (Å²) in [5.74, 6) is 1.55. The number of fused-ring (bicyclic) bond motifs is 1. The molecule has 2 N–H and O–H groups in total. The third-order valence-corrected chi connectivity index (χ3v) is 4.35. The molecule has 0 fully saturated rings. The molecule has 4 rings (SSSR count). The maximum absolute atomic E-state index is 12.2. The van der Waals surface area contributed by atoms with Gasteiger partial charge in [-0.3, -0.25) is 9.78 Å². The van der Waals surface area contributed by atoms with Crippen LogP contribution in [0.4, 0.5) is 17.3 Å². The second-order valence-electron chi connectivity index (χ2n) is 6.38. The molecule has 1 amide bonds. The lowest BCUT2D eigenvalue weighted by Crippen LogP contribution is -2.15. The average molecular weight is 385 g/mol. The molecule has 0 bridgehead atoms. The number of amides is 1. The lowest BCUT2D eigenvalue weighted by molar-refractivity contribution is -0.115. The van der Waals surface area contributed by atoms with E-state index in [9.17, 15) is 4.79 Å². The van der Waals surface area contributed by atoms with Crippen molar-refractivity contribution in [3.63, 3.8) is 0 Å². The van der Waals surface area contributed by atoms with Gasteiger partial charge < -0.3 is 15.4 Å². The number of nitrogens with zero attached hydrogens (tertiary/aromatic N) is 3. The molecule has 2 aromatic heterocycles. The van der Waals surface area contributed by atoms with Crippen LogP contribution in [0.3, 0.4) is 0 Å². The van der Waals surface area contributed by atoms with Crippen LogP contribution in [-0.2, 0) is 11.2 Å². The standard InChI is InChI=1S/C22H19N5O2/c1-29-17-9-7-15(8-10-17)14-21(28)25-20-12-11-19(26-27-20)24-18-6-2-4-16-5-3-13-23-22(16)18/h2-13H,14H2,1H3,(H,24,26)(H,25,27,28). The van der Waals surface area contributed by atoms with Crippen molar-refractivity contribution in [1.82, 2.24) is 15.2 Å². The monoisotopic (exact) mass is 385 g/mol. The number of anilines is 3. The van der Waals surface area contributed by atoms with Crippen LogP contribution in [0, 0.1) is 0 Å². The normalized spacial score (nSPS) is 10.5. The fraction of sp³-hybridized carbons (Fsp3) is 0.0909. The predicted octanol–water partition coefficient (Wildman–Crippen LogP) is 3.96. The second kappa shape index (κ2) is 8.35. The molecule has 0 aliphatic rings. The lowest BCUT2D eigenvalue weighted by atomic mass is 10.1. The van der Waals surface area contributed by atoms with E-state index in [1.165, 1.54) is 0 Å². The highest BCUT2D eigenvalue weighted by Crippen LogP contribution is 2.23. The first kappa shape index (κ1) is 18.4. The molecule has 2 aromatic carbocycles. The number of benzene rings is 2. The van der Waals surface area contributed by atoms with Crippen LogP contribution in [0.2, 0.25) is 0 Å². The van der Waals surface area contributed by atoms with Crippen molar-refractivity contribution in [3.8, 4) is 5.75 Å². The molecule has 0 saturated carbocycles. The molecule has 0 spiro atoms. The number of methoxy groups -OCH3 is 1. The summed E-state index contributed by atoms with van der Waals surface area (Å²) in [6, 6.07) is 20.6. The van der Waals surface area contributed by atoms with E-state index in [0.29, 0.717) is 11.6 Å². The lowest BCUT2D eigenvalue weighted by Gasteiger charge is -2.09. The molecule has 0 aliphatic carbocycles. The smallest absolute Gasteiger partial charge is 0.229 e. The third-order valence-electron chi connectivity index (χ3n) is 4.35. The summed E-state index contributed by atoms with van der Waals surface area (Å²) < 4.78 is 5.12. The van der Waals surface area contributed by atoms with E-state index < -0.39 is 0 Å². The molecule has 0 aliphatic heterocycles. The van der Waals surface area contributed by atoms with E-state index in [1.807, 2.05) is 54.6 Å². The minimum atomic E-state index is -0.163. The summed E-state index contributed by atoms with van der Waals surface area (Å²) >= 11 is 0. The molecule has 7 nitrogen and oxygen atoms in total. The Morgan fingerprint density at radius 2 is 1.69 bits per heavy atom. The van der Waals surface area contributed by atoms with Crippen molar-refractivity contribution in [1.29, 1.82) is 0 Å². The van der Waals surface area contributed by atoms with Gasteiger partial charge in [0, 0.05) is 11.6 Å². The zero-order chi connectivity index (χ0) is 20.1. The topological polar surface area (TPSA) is 89.0 Å². The summed E-state index contributed by atoms with van der Waals surface area (Å²) in [4.78, 5) is 16.6. The van der Waals surface area contributed by atoms with Crippen molar-refractivity contribution in [3.05, 3.63) is 78.5 Å². The van der Waals surface area contributed by atoms with Gasteiger partial charge in [0.25, 0.3) is 0 Å². The van der Waals surface area contributed by atoms with Crippen molar-refractivity contribution in [2.75, 3.05) is 17.7 Å². The Kier molecular flexibility index (Phi) is 5.29. The minimum Gasteiger partial charge on any atom is -0.497 e. The van der Waals surface area contributed by atoms with Gasteiger partial charge in [0.2, 0.25) is 5.91 Å². The van der Waals surface area contributed by atoms with Crippen molar-refractivity contribution >= 4 is 34.1 Å². The molecular formula is C22H19N5O2. The first-order valence-corrected chi connectivity index (χ1v) is 9.08. The third kappa shape index (κ3) is 4.47. The Hall–Kier alpha value is -4.00. The van der Waals surface area contributed by atoms with E-state index in [2.05, 4.69) is 25.8 Å². The van der Waals surface area contributed by atoms with Crippen LogP contribution < -0.4 is 15.4 Å². The van der Waals surface area contributed by atoms with Gasteiger partial charge in [-0.1, -0.05) is 30.3 Å². The number of carbonyl (C=O) groups is 1. The van der Waals surface area contributed by atoms with Gasteiger partial charge in [0.05, 0.1) is 24.7 Å². The minimum absolute atomic E-state index is 0.163. The highest BCUT2D eigenvalue weighted by atomic mass is 16.5. The van der Waals surface area contributed by atoms with Gasteiger partial charge in [-0.15, -0.1) is 10.2 Å². The van der Waals surface area contributed by atoms with Crippen LogP contribution in [0.15, 0.2) is 72.9 Å². The Morgan fingerprint density at radius 1 is 0.931 bits per heavy atom. The number of pyridine rings is 1. The zero-order valence-electron chi connectivity index (χ0n) is 15.8. The Morgan fingerprint density at radius 3 is 2.45 bits per heavy atom. The van der Waals surface area contributed by atoms with Crippen LogP contribution in [0.25, 0.3) is 10.9 Å². The first-order valence-electron chi connectivity index (χ1n) is 9.08. The SMILES string of the molecule is COc1ccc(CC(=O)Nc2ccc(Nc3cccc4cccnc34)nn2)cc1. The summed E-state index contributed by atoms with van der Waals surface area (Å²) in [5, 5.41) is 15.2. The molecule has 0 radical (unpaired) electrons. The zero-order valence-corrected chi connectivity index (χ0v) is 15.8. The van der Waals surface area contributed by atoms with E-state index >= 15 is 0 Å². The van der Waals surface area contributed by atoms with Crippen LogP contribution in [0.1, 0.15) is 5.56 Å². The van der Waals surface area contributed by atoms with Gasteiger partial charge in [0.1, 0.15) is 5.75 Å². The number of rotatable bonds is 6. The molecule has 0 saturated heterocycles. The number of nitrogens with one attached hydrogen (secondary N) is 2. The maximum Gasteiger partial charge on any atom is 0.229 e. The van der Waals surface area contributed by atoms with Crippen LogP contribution in [-0.4, -0.2) is 28.2 Å². The molecular weight excluding hydrogens is 366 g/mol. The number of para-hydroxylation sites is 1. The largest absolute Gasteiger partial charge is 0.497 e. The molecule has 29 heavy (non-hydrogen) atoms. The predicted molar refractivity (Wildman–Crippen MR) is 112 cm³/mol. The quantitative estimate of drug-likeness (QED) is 0.522. The van der Waals surface area contributed by atoms with Gasteiger partial charge >= 0.3 is 0 Å². The number of hydrogen-bond donors (Lipinski definition) is 2. The van der Waals surface area contributed by atoms with Crippen molar-refractivity contribution < 1.29 is 9.53 Å². The average Bonchev–Trinajstić information content (AvgIpc) is 2.76. The molecule has 0 atom stereocenters. The van der Waals surface area contributed by atoms with E-state index in [4.69, 9.17) is 4.74 Å². The fourth-order valence-electron chi connectivity index (χ4n) is 2.92. The Balaban J connectivity index is 1.40. The molecule has 144 valence electrons. The summed E-state index contributed by atoms with van der Waals surface area (Å²) in [6.07, 6.45) is 1.99. The Bertz CT molecular complexity index is 1120. The summed E-state index contributed by atoms with van der Waals surface area (Å²) in [6.45, 7) is 0. The number of carbonyl (C=O) groups excluding carboxylic acids is 1. The molecule has 2 heterocycles. The molecule has 0 unspecified atom stereocenters. The number of ether oxygens (including phenoxy) is 1. The molecule has 4 aromatic rings. The summed E-state index contributed by atoms with van der Waals surface area (Å²) in [7, 11) is 1.61. The van der Waals surface area contributed by atoms with Crippen molar-refractivity contribution in [2.24, 2.45) is 0 Å². The van der Waals surface area contributed by atoms with E-state index in [-0.39, 0.29) is 12.3 Å². The van der Waals surface area contributed by atoms with Crippen LogP contribution in [0.5, 0.6) is 5.75 Å². The van der Waals surface area contributed by atoms with Gasteiger partial charge in [-0.05, 0) is 42.0 Å². The number of hydrogen-bond acceptors (Lipinski definition) is 6. The fourth-order valence-corrected chi connectivity index (χ4v) is 2.92. The highest BCUT2D eigenvalue weighted by molar-refractivity contribution is 5.92. The molecule has 7 heteroatoms. The summed E-state index contributed by atoms with van der Waals surface area (Å²) in [5.41, 5.74) is 2.58. The maximum atomic E-state index is 12.2. The van der Waals surface area contributed by atoms with E-state index in [0.717, 1.165) is 27.9 Å². The van der Waals surface area contributed by atoms with Crippen LogP contribution >= 0.6 is 0 Å². The van der Waals surface area contributed by atoms with Gasteiger partial charge in [-0.2, -0.15) is 0 Å².